The SMILES string of the molecule is CC(C)(C)OC(=O)N1CCC(n2cc(Nc3nc(N[C@H]4CC[C@H](N5CCOCC5)CC4)c4c5c(sc4n3)CCC5)cn2)CC1. The Kier molecular flexibility index (Phi) is 8.41. The van der Waals surface area contributed by atoms with Crippen molar-refractivity contribution in [3.63, 3.8) is 0 Å². The number of thiophene rings is 1. The molecular weight excluding hydrogens is 576 g/mol. The van der Waals surface area contributed by atoms with Crippen LogP contribution in [0.4, 0.5) is 22.2 Å². The highest BCUT2D eigenvalue weighted by atomic mass is 32.1. The minimum Gasteiger partial charge on any atom is -0.444 e. The standard InChI is InChI=1S/C32H46N8O3S/c1-32(2,3)43-31(41)39-13-11-24(12-14-39)40-20-22(19-33-40)35-30-36-28(27-25-5-4-6-26(25)44-29(27)37-30)34-21-7-9-23(10-8-21)38-15-17-42-18-16-38/h19-21,23-24H,4-18H2,1-3H3,(H2,34,35,36,37)/t21-,23-. The van der Waals surface area contributed by atoms with Gasteiger partial charge in [-0.05, 0) is 84.1 Å². The number of rotatable bonds is 6. The van der Waals surface area contributed by atoms with Crippen molar-refractivity contribution >= 4 is 45.1 Å². The molecule has 0 aromatic carbocycles. The first-order valence-corrected chi connectivity index (χ1v) is 17.3. The van der Waals surface area contributed by atoms with Crippen LogP contribution in [0.15, 0.2) is 12.4 Å². The van der Waals surface area contributed by atoms with Gasteiger partial charge in [-0.1, -0.05) is 0 Å². The molecule has 2 N–H and O–H groups in total. The van der Waals surface area contributed by atoms with Crippen LogP contribution in [0, 0.1) is 0 Å². The average molecular weight is 623 g/mol. The van der Waals surface area contributed by atoms with E-state index in [0.29, 0.717) is 31.1 Å². The van der Waals surface area contributed by atoms with Gasteiger partial charge in [0.25, 0.3) is 0 Å². The molecule has 1 saturated carbocycles. The molecule has 3 aromatic rings. The summed E-state index contributed by atoms with van der Waals surface area (Å²) in [5.41, 5.74) is 1.84. The molecule has 0 spiro atoms. The van der Waals surface area contributed by atoms with Gasteiger partial charge in [0.1, 0.15) is 16.2 Å². The van der Waals surface area contributed by atoms with E-state index >= 15 is 0 Å². The summed E-state index contributed by atoms with van der Waals surface area (Å²) in [7, 11) is 0. The molecule has 2 aliphatic heterocycles. The van der Waals surface area contributed by atoms with Crippen LogP contribution < -0.4 is 10.6 Å². The van der Waals surface area contributed by atoms with Gasteiger partial charge in [-0.25, -0.2) is 9.78 Å². The molecule has 2 saturated heterocycles. The Morgan fingerprint density at radius 3 is 2.52 bits per heavy atom. The molecule has 3 fully saturated rings. The third-order valence-corrected chi connectivity index (χ3v) is 10.7. The lowest BCUT2D eigenvalue weighted by atomic mass is 9.90. The van der Waals surface area contributed by atoms with Crippen LogP contribution >= 0.6 is 11.3 Å². The lowest BCUT2D eigenvalue weighted by Gasteiger charge is -2.39. The maximum Gasteiger partial charge on any atom is 0.410 e. The van der Waals surface area contributed by atoms with Crippen molar-refractivity contribution in [2.24, 2.45) is 0 Å². The predicted molar refractivity (Wildman–Crippen MR) is 173 cm³/mol. The molecule has 4 aliphatic rings. The van der Waals surface area contributed by atoms with Gasteiger partial charge in [0.2, 0.25) is 5.95 Å². The summed E-state index contributed by atoms with van der Waals surface area (Å²) >= 11 is 1.83. The Morgan fingerprint density at radius 1 is 1.00 bits per heavy atom. The highest BCUT2D eigenvalue weighted by Crippen LogP contribution is 2.41. The first-order valence-electron chi connectivity index (χ1n) is 16.5. The second-order valence-electron chi connectivity index (χ2n) is 13.8. The molecule has 0 bridgehead atoms. The number of fused-ring (bicyclic) bond motifs is 3. The number of likely N-dealkylation sites (tertiary alicyclic amines) is 1. The summed E-state index contributed by atoms with van der Waals surface area (Å²) in [5.74, 6) is 1.59. The Bertz CT molecular complexity index is 1460. The molecule has 12 heteroatoms. The van der Waals surface area contributed by atoms with E-state index in [-0.39, 0.29) is 12.1 Å². The highest BCUT2D eigenvalue weighted by Gasteiger charge is 2.30. The number of amides is 1. The normalized spacial score (nSPS) is 23.6. The molecule has 1 amide bonds. The molecule has 11 nitrogen and oxygen atoms in total. The van der Waals surface area contributed by atoms with Crippen LogP contribution in [0.1, 0.15) is 82.2 Å². The van der Waals surface area contributed by atoms with Crippen LogP contribution in [0.3, 0.4) is 0 Å². The maximum absolute atomic E-state index is 12.5. The quantitative estimate of drug-likeness (QED) is 0.355. The van der Waals surface area contributed by atoms with E-state index in [9.17, 15) is 4.79 Å². The van der Waals surface area contributed by atoms with E-state index in [0.717, 1.165) is 81.2 Å². The third kappa shape index (κ3) is 6.53. The van der Waals surface area contributed by atoms with E-state index in [1.807, 2.05) is 49.2 Å². The molecule has 0 unspecified atom stereocenters. The summed E-state index contributed by atoms with van der Waals surface area (Å²) < 4.78 is 13.1. The van der Waals surface area contributed by atoms with E-state index in [1.165, 1.54) is 35.1 Å². The van der Waals surface area contributed by atoms with Crippen LogP contribution in [0.25, 0.3) is 10.2 Å². The van der Waals surface area contributed by atoms with Gasteiger partial charge in [0.15, 0.2) is 0 Å². The lowest BCUT2D eigenvalue weighted by molar-refractivity contribution is 0.00790. The van der Waals surface area contributed by atoms with Crippen molar-refractivity contribution in [1.29, 1.82) is 0 Å². The predicted octanol–water partition coefficient (Wildman–Crippen LogP) is 5.75. The first kappa shape index (κ1) is 29.7. The summed E-state index contributed by atoms with van der Waals surface area (Å²) in [6.45, 7) is 10.9. The van der Waals surface area contributed by atoms with E-state index in [1.54, 1.807) is 4.90 Å². The topological polar surface area (TPSA) is 110 Å². The van der Waals surface area contributed by atoms with Crippen molar-refractivity contribution in [3.8, 4) is 0 Å². The van der Waals surface area contributed by atoms with Crippen molar-refractivity contribution in [1.82, 2.24) is 29.5 Å². The van der Waals surface area contributed by atoms with Crippen molar-refractivity contribution < 1.29 is 14.3 Å². The van der Waals surface area contributed by atoms with Gasteiger partial charge in [-0.2, -0.15) is 10.1 Å². The molecule has 5 heterocycles. The van der Waals surface area contributed by atoms with Gasteiger partial charge in [-0.15, -0.1) is 11.3 Å². The summed E-state index contributed by atoms with van der Waals surface area (Å²) in [6.07, 6.45) is 13.5. The second kappa shape index (κ2) is 12.4. The summed E-state index contributed by atoms with van der Waals surface area (Å²) in [4.78, 5) is 29.5. The summed E-state index contributed by atoms with van der Waals surface area (Å²) in [5, 5.41) is 13.2. The molecule has 2 aliphatic carbocycles. The first-order chi connectivity index (χ1) is 21.3. The third-order valence-electron chi connectivity index (χ3n) is 9.51. The monoisotopic (exact) mass is 622 g/mol. The number of carbonyl (C=O) groups is 1. The number of hydrogen-bond acceptors (Lipinski definition) is 10. The van der Waals surface area contributed by atoms with Crippen LogP contribution in [-0.2, 0) is 22.3 Å². The van der Waals surface area contributed by atoms with Crippen LogP contribution in [0.5, 0.6) is 0 Å². The molecule has 7 rings (SSSR count). The fourth-order valence-electron chi connectivity index (χ4n) is 7.25. The second-order valence-corrected chi connectivity index (χ2v) is 14.8. The largest absolute Gasteiger partial charge is 0.444 e. The Balaban J connectivity index is 1.02. The number of morpholine rings is 1. The van der Waals surface area contributed by atoms with Gasteiger partial charge >= 0.3 is 6.09 Å². The summed E-state index contributed by atoms with van der Waals surface area (Å²) in [6, 6.07) is 1.33. The van der Waals surface area contributed by atoms with Gasteiger partial charge < -0.3 is 25.0 Å². The number of anilines is 3. The van der Waals surface area contributed by atoms with E-state index < -0.39 is 5.60 Å². The van der Waals surface area contributed by atoms with Gasteiger partial charge in [0.05, 0.1) is 36.5 Å². The molecular formula is C32H46N8O3S. The van der Waals surface area contributed by atoms with Crippen molar-refractivity contribution in [2.75, 3.05) is 50.0 Å². The average Bonchev–Trinajstić information content (AvgIpc) is 3.74. The number of nitrogens with one attached hydrogen (secondary N) is 2. The number of aromatic nitrogens is 4. The maximum atomic E-state index is 12.5. The van der Waals surface area contributed by atoms with Crippen molar-refractivity contribution in [2.45, 2.75) is 102 Å². The molecule has 3 aromatic heterocycles. The minimum absolute atomic E-state index is 0.234. The Morgan fingerprint density at radius 2 is 1.77 bits per heavy atom. The lowest BCUT2D eigenvalue weighted by Crippen LogP contribution is -2.46. The zero-order chi connectivity index (χ0) is 30.3. The molecule has 0 atom stereocenters. The Hall–Kier alpha value is -2.96. The van der Waals surface area contributed by atoms with Gasteiger partial charge in [-0.3, -0.25) is 9.58 Å². The van der Waals surface area contributed by atoms with Crippen molar-refractivity contribution in [3.05, 3.63) is 22.8 Å². The van der Waals surface area contributed by atoms with Crippen LogP contribution in [0.2, 0.25) is 0 Å². The highest BCUT2D eigenvalue weighted by molar-refractivity contribution is 7.19. The number of piperidine rings is 1. The van der Waals surface area contributed by atoms with E-state index in [2.05, 4.69) is 20.6 Å². The molecule has 44 heavy (non-hydrogen) atoms. The number of hydrogen-bond donors (Lipinski definition) is 2. The fourth-order valence-corrected chi connectivity index (χ4v) is 8.51. The van der Waals surface area contributed by atoms with Crippen LogP contribution in [-0.4, -0.2) is 92.7 Å². The zero-order valence-corrected chi connectivity index (χ0v) is 27.1. The Labute approximate surface area is 263 Å². The number of ether oxygens (including phenoxy) is 2. The van der Waals surface area contributed by atoms with E-state index in [4.69, 9.17) is 19.4 Å². The molecule has 238 valence electrons. The minimum atomic E-state index is -0.483. The number of carbonyl (C=O) groups excluding carboxylic acids is 1. The molecule has 0 radical (unpaired) electrons. The zero-order valence-electron chi connectivity index (χ0n) is 26.3. The smallest absolute Gasteiger partial charge is 0.410 e. The van der Waals surface area contributed by atoms with Gasteiger partial charge in [0, 0.05) is 49.3 Å². The fraction of sp³-hybridized carbons (Fsp3) is 0.688. The number of aryl methyl sites for hydroxylation is 2. The number of nitrogens with zero attached hydrogens (tertiary/aromatic N) is 6.